The van der Waals surface area contributed by atoms with E-state index in [1.807, 2.05) is 17.0 Å². The number of nitrogens with zero attached hydrogens (tertiary/aromatic N) is 5. The summed E-state index contributed by atoms with van der Waals surface area (Å²) in [4.78, 5) is 31.9. The second-order valence-corrected chi connectivity index (χ2v) is 9.39. The fraction of sp³-hybridized carbons (Fsp3) is 0.600. The highest BCUT2D eigenvalue weighted by molar-refractivity contribution is 5.92. The summed E-state index contributed by atoms with van der Waals surface area (Å²) >= 11 is 0. The lowest BCUT2D eigenvalue weighted by molar-refractivity contribution is 0.0723. The summed E-state index contributed by atoms with van der Waals surface area (Å²) in [7, 11) is 0. The second-order valence-electron chi connectivity index (χ2n) is 9.39. The van der Waals surface area contributed by atoms with Crippen LogP contribution in [0.15, 0.2) is 24.4 Å². The van der Waals surface area contributed by atoms with Crippen LogP contribution in [0.4, 0.5) is 5.82 Å². The van der Waals surface area contributed by atoms with E-state index in [1.165, 1.54) is 44.1 Å². The zero-order valence-electron chi connectivity index (χ0n) is 18.6. The van der Waals surface area contributed by atoms with Gasteiger partial charge in [0.15, 0.2) is 5.82 Å². The Morgan fingerprint density at radius 2 is 1.90 bits per heavy atom. The molecule has 2 fully saturated rings. The number of anilines is 1. The molecule has 31 heavy (non-hydrogen) atoms. The van der Waals surface area contributed by atoms with Crippen molar-refractivity contribution in [3.05, 3.63) is 47.2 Å². The van der Waals surface area contributed by atoms with Gasteiger partial charge in [0.2, 0.25) is 0 Å². The van der Waals surface area contributed by atoms with Gasteiger partial charge in [-0.25, -0.2) is 9.97 Å². The van der Waals surface area contributed by atoms with Gasteiger partial charge in [0.05, 0.1) is 6.04 Å². The molecule has 0 spiro atoms. The molecule has 6 nitrogen and oxygen atoms in total. The quantitative estimate of drug-likeness (QED) is 0.731. The number of aryl methyl sites for hydroxylation is 1. The topological polar surface area (TPSA) is 62.2 Å². The fourth-order valence-electron chi connectivity index (χ4n) is 5.63. The third-order valence-corrected chi connectivity index (χ3v) is 7.26. The summed E-state index contributed by atoms with van der Waals surface area (Å²) in [6, 6.07) is 5.45. The van der Waals surface area contributed by atoms with Gasteiger partial charge in [-0.05, 0) is 63.5 Å². The average molecular weight is 420 g/mol. The van der Waals surface area contributed by atoms with Crippen molar-refractivity contribution in [3.63, 3.8) is 0 Å². The molecule has 0 radical (unpaired) electrons. The molecule has 1 aliphatic carbocycles. The molecule has 1 amide bonds. The van der Waals surface area contributed by atoms with Crippen molar-refractivity contribution in [1.82, 2.24) is 19.9 Å². The van der Waals surface area contributed by atoms with Crippen molar-refractivity contribution >= 4 is 11.7 Å². The molecule has 6 heteroatoms. The lowest BCUT2D eigenvalue weighted by atomic mass is 9.88. The molecule has 3 aliphatic rings. The van der Waals surface area contributed by atoms with Crippen molar-refractivity contribution in [2.24, 2.45) is 5.92 Å². The number of likely N-dealkylation sites (tertiary alicyclic amines) is 1. The summed E-state index contributed by atoms with van der Waals surface area (Å²) in [5, 5.41) is 0. The molecule has 2 aliphatic heterocycles. The maximum atomic E-state index is 13.1. The van der Waals surface area contributed by atoms with Crippen LogP contribution in [0, 0.1) is 12.8 Å². The van der Waals surface area contributed by atoms with Gasteiger partial charge in [0, 0.05) is 37.1 Å². The molecule has 0 unspecified atom stereocenters. The molecule has 1 atom stereocenters. The van der Waals surface area contributed by atoms with Crippen LogP contribution in [0.3, 0.4) is 0 Å². The first kappa shape index (κ1) is 20.4. The van der Waals surface area contributed by atoms with E-state index in [0.717, 1.165) is 62.2 Å². The zero-order valence-corrected chi connectivity index (χ0v) is 18.6. The van der Waals surface area contributed by atoms with Gasteiger partial charge in [-0.3, -0.25) is 9.78 Å². The largest absolute Gasteiger partial charge is 0.356 e. The van der Waals surface area contributed by atoms with Crippen LogP contribution in [0.1, 0.15) is 85.0 Å². The third-order valence-electron chi connectivity index (χ3n) is 7.26. The predicted octanol–water partition coefficient (Wildman–Crippen LogP) is 4.49. The van der Waals surface area contributed by atoms with Crippen molar-refractivity contribution in [2.45, 2.75) is 70.8 Å². The minimum atomic E-state index is -0.0584. The number of carbonyl (C=O) groups excluding carboxylic acids is 1. The molecule has 0 bridgehead atoms. The summed E-state index contributed by atoms with van der Waals surface area (Å²) in [6.45, 7) is 5.06. The Labute approximate surface area is 185 Å². The maximum Gasteiger partial charge on any atom is 0.273 e. The normalized spacial score (nSPS) is 21.9. The number of rotatable bonds is 4. The lowest BCUT2D eigenvalue weighted by Gasteiger charge is -2.35. The molecule has 4 heterocycles. The van der Waals surface area contributed by atoms with Gasteiger partial charge in [-0.15, -0.1) is 0 Å². The van der Waals surface area contributed by atoms with Crippen molar-refractivity contribution in [1.29, 1.82) is 0 Å². The third kappa shape index (κ3) is 4.17. The summed E-state index contributed by atoms with van der Waals surface area (Å²) < 4.78 is 0. The first-order chi connectivity index (χ1) is 15.2. The average Bonchev–Trinajstić information content (AvgIpc) is 3.30. The van der Waals surface area contributed by atoms with Crippen LogP contribution in [-0.2, 0) is 6.42 Å². The molecule has 2 aromatic rings. The minimum absolute atomic E-state index is 0.0128. The lowest BCUT2D eigenvalue weighted by Crippen LogP contribution is -2.37. The Morgan fingerprint density at radius 1 is 1.03 bits per heavy atom. The van der Waals surface area contributed by atoms with Gasteiger partial charge in [-0.2, -0.15) is 0 Å². The molecule has 1 saturated carbocycles. The van der Waals surface area contributed by atoms with E-state index in [2.05, 4.69) is 16.8 Å². The predicted molar refractivity (Wildman–Crippen MR) is 121 cm³/mol. The first-order valence-corrected chi connectivity index (χ1v) is 12.0. The number of aromatic nitrogens is 3. The van der Waals surface area contributed by atoms with Crippen LogP contribution < -0.4 is 4.90 Å². The van der Waals surface area contributed by atoms with Crippen molar-refractivity contribution in [2.75, 3.05) is 24.5 Å². The van der Waals surface area contributed by atoms with Crippen LogP contribution in [-0.4, -0.2) is 45.4 Å². The van der Waals surface area contributed by atoms with Gasteiger partial charge in [0.1, 0.15) is 11.5 Å². The molecule has 5 rings (SSSR count). The van der Waals surface area contributed by atoms with E-state index in [1.54, 1.807) is 12.3 Å². The molecular formula is C25H33N5O. The van der Waals surface area contributed by atoms with E-state index >= 15 is 0 Å². The number of hydrogen-bond acceptors (Lipinski definition) is 5. The minimum Gasteiger partial charge on any atom is -0.356 e. The van der Waals surface area contributed by atoms with Crippen molar-refractivity contribution < 1.29 is 4.79 Å². The molecular weight excluding hydrogens is 386 g/mol. The Morgan fingerprint density at radius 3 is 2.71 bits per heavy atom. The highest BCUT2D eigenvalue weighted by atomic mass is 16.2. The summed E-state index contributed by atoms with van der Waals surface area (Å²) in [6.07, 6.45) is 12.6. The Hall–Kier alpha value is -2.50. The smallest absolute Gasteiger partial charge is 0.273 e. The van der Waals surface area contributed by atoms with E-state index in [9.17, 15) is 4.79 Å². The molecule has 0 aromatic carbocycles. The highest BCUT2D eigenvalue weighted by Gasteiger charge is 2.35. The zero-order chi connectivity index (χ0) is 21.2. The van der Waals surface area contributed by atoms with Crippen LogP contribution >= 0.6 is 0 Å². The number of fused-ring (bicyclic) bond motifs is 1. The first-order valence-electron chi connectivity index (χ1n) is 12.0. The van der Waals surface area contributed by atoms with Gasteiger partial charge in [-0.1, -0.05) is 25.3 Å². The molecule has 0 N–H and O–H groups in total. The van der Waals surface area contributed by atoms with Crippen LogP contribution in [0.25, 0.3) is 0 Å². The standard InChI is InChI=1S/C25H33N5O/c1-18-20-11-7-15-29(17-19-9-3-2-4-10-19)24(20)28-23(27-18)22-13-8-16-30(22)25(31)21-12-5-6-14-26-21/h5-6,12,14,19,22H,2-4,7-11,13,15-17H2,1H3/t22-/m0/s1. The van der Waals surface area contributed by atoms with Gasteiger partial charge >= 0.3 is 0 Å². The van der Waals surface area contributed by atoms with Crippen LogP contribution in [0.5, 0.6) is 0 Å². The second kappa shape index (κ2) is 8.93. The Bertz CT molecular complexity index is 925. The van der Waals surface area contributed by atoms with Gasteiger partial charge in [0.25, 0.3) is 5.91 Å². The Kier molecular flexibility index (Phi) is 5.88. The van der Waals surface area contributed by atoms with E-state index in [4.69, 9.17) is 9.97 Å². The fourth-order valence-corrected chi connectivity index (χ4v) is 5.63. The number of amides is 1. The van der Waals surface area contributed by atoms with Crippen LogP contribution in [0.2, 0.25) is 0 Å². The number of pyridine rings is 1. The SMILES string of the molecule is Cc1nc([C@@H]2CCCN2C(=O)c2ccccn2)nc2c1CCCN2CC1CCCCC1. The maximum absolute atomic E-state index is 13.1. The molecule has 1 saturated heterocycles. The van der Waals surface area contributed by atoms with E-state index in [0.29, 0.717) is 5.69 Å². The van der Waals surface area contributed by atoms with Crippen molar-refractivity contribution in [3.8, 4) is 0 Å². The number of carbonyl (C=O) groups is 1. The summed E-state index contributed by atoms with van der Waals surface area (Å²) in [5.74, 6) is 2.72. The monoisotopic (exact) mass is 419 g/mol. The van der Waals surface area contributed by atoms with E-state index < -0.39 is 0 Å². The molecule has 164 valence electrons. The Balaban J connectivity index is 1.42. The number of hydrogen-bond donors (Lipinski definition) is 0. The van der Waals surface area contributed by atoms with E-state index in [-0.39, 0.29) is 11.9 Å². The van der Waals surface area contributed by atoms with Gasteiger partial charge < -0.3 is 9.80 Å². The molecule has 2 aromatic heterocycles. The summed E-state index contributed by atoms with van der Waals surface area (Å²) in [5.41, 5.74) is 2.90. The highest BCUT2D eigenvalue weighted by Crippen LogP contribution is 2.36.